The minimum absolute atomic E-state index is 0.0996. The molecule has 4 aromatic carbocycles. The van der Waals surface area contributed by atoms with Crippen LogP contribution in [0.25, 0.3) is 5.57 Å². The molecule has 0 bridgehead atoms. The van der Waals surface area contributed by atoms with Crippen LogP contribution in [0.15, 0.2) is 114 Å². The van der Waals surface area contributed by atoms with Gasteiger partial charge < -0.3 is 10.1 Å². The lowest BCUT2D eigenvalue weighted by Gasteiger charge is -2.33. The number of carbonyl (C=O) groups is 1. The second kappa shape index (κ2) is 10.4. The fourth-order valence-electron chi connectivity index (χ4n) is 4.53. The van der Waals surface area contributed by atoms with Crippen molar-refractivity contribution in [3.8, 4) is 0 Å². The van der Waals surface area contributed by atoms with Gasteiger partial charge in [0.05, 0.1) is 18.8 Å². The summed E-state index contributed by atoms with van der Waals surface area (Å²) in [6.45, 7) is 0.473. The molecule has 0 unspecified atom stereocenters. The lowest BCUT2D eigenvalue weighted by Crippen LogP contribution is -2.39. The first-order valence-electron chi connectivity index (χ1n) is 11.8. The highest BCUT2D eigenvalue weighted by molar-refractivity contribution is 7.97. The molecule has 4 aromatic rings. The maximum absolute atomic E-state index is 14.3. The van der Waals surface area contributed by atoms with Crippen molar-refractivity contribution in [2.75, 3.05) is 16.7 Å². The first kappa shape index (κ1) is 24.5. The van der Waals surface area contributed by atoms with E-state index >= 15 is 0 Å². The van der Waals surface area contributed by atoms with Crippen LogP contribution in [-0.4, -0.2) is 21.4 Å². The normalized spacial score (nSPS) is 14.2. The highest BCUT2D eigenvalue weighted by Gasteiger charge is 2.41. The van der Waals surface area contributed by atoms with Gasteiger partial charge in [-0.05, 0) is 34.9 Å². The molecule has 0 atom stereocenters. The van der Waals surface area contributed by atoms with Gasteiger partial charge in [-0.25, -0.2) is 8.42 Å². The van der Waals surface area contributed by atoms with E-state index in [0.29, 0.717) is 34.7 Å². The van der Waals surface area contributed by atoms with Gasteiger partial charge in [0.2, 0.25) is 0 Å². The average Bonchev–Trinajstić information content (AvgIpc) is 2.91. The highest BCUT2D eigenvalue weighted by atomic mass is 32.2. The lowest BCUT2D eigenvalue weighted by molar-refractivity contribution is -0.112. The smallest absolute Gasteiger partial charge is 0.270 e. The number of fused-ring (bicyclic) bond motifs is 1. The average molecular weight is 511 g/mol. The van der Waals surface area contributed by atoms with E-state index in [9.17, 15) is 13.2 Å². The zero-order chi connectivity index (χ0) is 25.8. The molecule has 1 N–H and O–H groups in total. The van der Waals surface area contributed by atoms with Crippen molar-refractivity contribution in [2.24, 2.45) is 0 Å². The second-order valence-corrected chi connectivity index (χ2v) is 10.5. The molecule has 0 saturated heterocycles. The van der Waals surface area contributed by atoms with Crippen molar-refractivity contribution >= 4 is 32.9 Å². The molecule has 7 heteroatoms. The van der Waals surface area contributed by atoms with Gasteiger partial charge in [-0.15, -0.1) is 0 Å². The highest BCUT2D eigenvalue weighted by Crippen LogP contribution is 2.43. The fourth-order valence-corrected chi connectivity index (χ4v) is 6.26. The molecule has 0 fully saturated rings. The Balaban J connectivity index is 1.69. The van der Waals surface area contributed by atoms with Gasteiger partial charge in [-0.3, -0.25) is 9.10 Å². The summed E-state index contributed by atoms with van der Waals surface area (Å²) < 4.78 is 35.0. The van der Waals surface area contributed by atoms with Gasteiger partial charge in [-0.2, -0.15) is 0 Å². The Morgan fingerprint density at radius 3 is 2.19 bits per heavy atom. The second-order valence-electron chi connectivity index (χ2n) is 8.67. The van der Waals surface area contributed by atoms with Gasteiger partial charge in [0.1, 0.15) is 0 Å². The zero-order valence-electron chi connectivity index (χ0n) is 20.3. The molecule has 1 heterocycles. The van der Waals surface area contributed by atoms with E-state index < -0.39 is 15.9 Å². The summed E-state index contributed by atoms with van der Waals surface area (Å²) in [5, 5.41) is 2.82. The number of rotatable bonds is 7. The van der Waals surface area contributed by atoms with E-state index in [1.807, 2.05) is 78.9 Å². The number of nitrogens with one attached hydrogen (secondary N) is 1. The Hall–Kier alpha value is -4.20. The predicted molar refractivity (Wildman–Crippen MR) is 146 cm³/mol. The van der Waals surface area contributed by atoms with Crippen molar-refractivity contribution < 1.29 is 17.9 Å². The van der Waals surface area contributed by atoms with Crippen LogP contribution in [0.2, 0.25) is 0 Å². The number of methoxy groups -OCH3 is 1. The third-order valence-electron chi connectivity index (χ3n) is 6.15. The number of ether oxygens (including phenoxy) is 1. The summed E-state index contributed by atoms with van der Waals surface area (Å²) in [4.78, 5) is 13.6. The van der Waals surface area contributed by atoms with Crippen LogP contribution in [0.4, 0.5) is 11.4 Å². The van der Waals surface area contributed by atoms with Crippen molar-refractivity contribution in [1.82, 2.24) is 0 Å². The van der Waals surface area contributed by atoms with Crippen LogP contribution < -0.4 is 9.62 Å². The first-order chi connectivity index (χ1) is 18.0. The molecule has 1 amide bonds. The van der Waals surface area contributed by atoms with Gasteiger partial charge in [-0.1, -0.05) is 91.0 Å². The van der Waals surface area contributed by atoms with E-state index in [1.54, 1.807) is 37.4 Å². The summed E-state index contributed by atoms with van der Waals surface area (Å²) in [7, 11) is -2.64. The molecule has 186 valence electrons. The quantitative estimate of drug-likeness (QED) is 0.352. The van der Waals surface area contributed by atoms with Crippen LogP contribution in [0.1, 0.15) is 22.3 Å². The summed E-state index contributed by atoms with van der Waals surface area (Å²) >= 11 is 0. The molecule has 6 nitrogen and oxygen atoms in total. The number of nitrogens with zero attached hydrogens (tertiary/aromatic N) is 1. The summed E-state index contributed by atoms with van der Waals surface area (Å²) in [6, 6.07) is 33.0. The van der Waals surface area contributed by atoms with E-state index in [0.717, 1.165) is 11.1 Å². The number of anilines is 2. The van der Waals surface area contributed by atoms with Crippen LogP contribution >= 0.6 is 0 Å². The Morgan fingerprint density at radius 1 is 0.811 bits per heavy atom. The summed E-state index contributed by atoms with van der Waals surface area (Å²) in [5.74, 6) is -0.694. The maximum atomic E-state index is 14.3. The Morgan fingerprint density at radius 2 is 1.46 bits per heavy atom. The van der Waals surface area contributed by atoms with Crippen molar-refractivity contribution in [3.63, 3.8) is 0 Å². The lowest BCUT2D eigenvalue weighted by atomic mass is 9.95. The SMILES string of the molecule is COCc1cccc(NC(=O)C2=C(c3ccccc3)c3ccccc3N(Cc3ccccc3)S2(=O)=O)c1. The first-order valence-corrected chi connectivity index (χ1v) is 13.3. The van der Waals surface area contributed by atoms with Crippen molar-refractivity contribution in [3.05, 3.63) is 136 Å². The molecule has 0 spiro atoms. The van der Waals surface area contributed by atoms with Crippen LogP contribution in [-0.2, 0) is 32.7 Å². The van der Waals surface area contributed by atoms with Crippen molar-refractivity contribution in [2.45, 2.75) is 13.2 Å². The number of hydrogen-bond acceptors (Lipinski definition) is 4. The molecule has 0 saturated carbocycles. The number of amides is 1. The minimum Gasteiger partial charge on any atom is -0.380 e. The zero-order valence-corrected chi connectivity index (χ0v) is 21.1. The monoisotopic (exact) mass is 510 g/mol. The van der Waals surface area contributed by atoms with Gasteiger partial charge >= 0.3 is 0 Å². The van der Waals surface area contributed by atoms with Gasteiger partial charge in [0.25, 0.3) is 15.9 Å². The minimum atomic E-state index is -4.24. The molecule has 37 heavy (non-hydrogen) atoms. The van der Waals surface area contributed by atoms with E-state index in [2.05, 4.69) is 5.32 Å². The number of carbonyl (C=O) groups excluding carboxylic acids is 1. The van der Waals surface area contributed by atoms with E-state index in [-0.39, 0.29) is 11.4 Å². The Labute approximate surface area is 216 Å². The molecule has 0 aromatic heterocycles. The fraction of sp³-hybridized carbons (Fsp3) is 0.100. The number of para-hydroxylation sites is 1. The van der Waals surface area contributed by atoms with Crippen LogP contribution in [0, 0.1) is 0 Å². The maximum Gasteiger partial charge on any atom is 0.270 e. The molecular formula is C30H26N2O4S. The molecule has 5 rings (SSSR count). The van der Waals surface area contributed by atoms with Gasteiger partial charge in [0.15, 0.2) is 4.91 Å². The van der Waals surface area contributed by atoms with Crippen LogP contribution in [0.3, 0.4) is 0 Å². The third kappa shape index (κ3) is 4.91. The van der Waals surface area contributed by atoms with E-state index in [1.165, 1.54) is 4.31 Å². The topological polar surface area (TPSA) is 75.7 Å². The molecular weight excluding hydrogens is 484 g/mol. The molecule has 0 radical (unpaired) electrons. The standard InChI is InChI=1S/C30H26N2O4S/c1-36-21-23-13-10-16-25(19-23)31-30(33)29-28(24-14-6-3-7-15-24)26-17-8-9-18-27(26)32(37(29,34)35)20-22-11-4-2-5-12-22/h2-19H,20-21H2,1H3,(H,31,33). The van der Waals surface area contributed by atoms with E-state index in [4.69, 9.17) is 4.74 Å². The summed E-state index contributed by atoms with van der Waals surface area (Å²) in [5.41, 5.74) is 4.41. The summed E-state index contributed by atoms with van der Waals surface area (Å²) in [6.07, 6.45) is 0. The molecule has 1 aliphatic heterocycles. The van der Waals surface area contributed by atoms with Gasteiger partial charge in [0, 0.05) is 23.9 Å². The third-order valence-corrected chi connectivity index (χ3v) is 7.96. The predicted octanol–water partition coefficient (Wildman–Crippen LogP) is 5.58. The largest absolute Gasteiger partial charge is 0.380 e. The Kier molecular flexibility index (Phi) is 6.90. The van der Waals surface area contributed by atoms with Crippen LogP contribution in [0.5, 0.6) is 0 Å². The number of sulfonamides is 1. The van der Waals surface area contributed by atoms with Crippen molar-refractivity contribution in [1.29, 1.82) is 0 Å². The number of hydrogen-bond donors (Lipinski definition) is 1. The molecule has 0 aliphatic carbocycles. The molecule has 1 aliphatic rings. The Bertz CT molecular complexity index is 1570. The number of benzene rings is 4.